The number of H-pyrrole nitrogens is 1. The van der Waals surface area contributed by atoms with Crippen LogP contribution >= 0.6 is 0 Å². The number of ether oxygens (including phenoxy) is 3. The lowest BCUT2D eigenvalue weighted by molar-refractivity contribution is -0.130. The molecule has 11 nitrogen and oxygen atoms in total. The van der Waals surface area contributed by atoms with E-state index in [2.05, 4.69) is 20.8 Å². The average Bonchev–Trinajstić information content (AvgIpc) is 3.53. The van der Waals surface area contributed by atoms with Crippen molar-refractivity contribution in [2.45, 2.75) is 50.8 Å². The number of benzene rings is 2. The lowest BCUT2D eigenvalue weighted by Crippen LogP contribution is -2.45. The molecule has 2 fully saturated rings. The summed E-state index contributed by atoms with van der Waals surface area (Å²) in [4.78, 5) is 40.9. The smallest absolute Gasteiger partial charge is 0.258 e. The highest BCUT2D eigenvalue weighted by atomic mass is 16.5. The zero-order valence-electron chi connectivity index (χ0n) is 23.3. The van der Waals surface area contributed by atoms with Crippen LogP contribution in [0.1, 0.15) is 47.2 Å². The van der Waals surface area contributed by atoms with Gasteiger partial charge in [0.15, 0.2) is 6.61 Å². The van der Waals surface area contributed by atoms with Crippen LogP contribution in [0.25, 0.3) is 0 Å². The van der Waals surface area contributed by atoms with Crippen molar-refractivity contribution in [3.63, 3.8) is 0 Å². The minimum Gasteiger partial charge on any atom is -0.493 e. The maximum atomic E-state index is 13.6. The second-order valence-corrected chi connectivity index (χ2v) is 11.2. The molecule has 1 saturated heterocycles. The molecule has 4 aliphatic rings. The van der Waals surface area contributed by atoms with Crippen LogP contribution < -0.4 is 24.8 Å². The van der Waals surface area contributed by atoms with Crippen LogP contribution in [0.15, 0.2) is 54.9 Å². The Labute approximate surface area is 243 Å². The van der Waals surface area contributed by atoms with Crippen molar-refractivity contribution in [3.05, 3.63) is 71.5 Å². The van der Waals surface area contributed by atoms with Gasteiger partial charge in [0.25, 0.3) is 11.8 Å². The van der Waals surface area contributed by atoms with Crippen LogP contribution in [0.2, 0.25) is 0 Å². The Hall–Kier alpha value is -4.54. The third-order valence-corrected chi connectivity index (χ3v) is 7.74. The number of carbonyl (C=O) groups excluding carboxylic acids is 3. The highest BCUT2D eigenvalue weighted by molar-refractivity contribution is 5.95. The molecular formula is C31H35N5O6. The second kappa shape index (κ2) is 12.5. The molecule has 3 aliphatic heterocycles. The first-order chi connectivity index (χ1) is 20.5. The summed E-state index contributed by atoms with van der Waals surface area (Å²) in [5, 5.41) is 12.7. The van der Waals surface area contributed by atoms with Crippen molar-refractivity contribution in [2.24, 2.45) is 5.92 Å². The minimum absolute atomic E-state index is 0.0169. The monoisotopic (exact) mass is 573 g/mol. The van der Waals surface area contributed by atoms with Crippen molar-refractivity contribution >= 4 is 17.7 Å². The number of hydrogen-bond donors (Lipinski definition) is 3. The van der Waals surface area contributed by atoms with Crippen LogP contribution in [0.3, 0.4) is 0 Å². The third kappa shape index (κ3) is 7.20. The summed E-state index contributed by atoms with van der Waals surface area (Å²) in [6.45, 7) is 1.39. The van der Waals surface area contributed by atoms with Crippen molar-refractivity contribution in [3.8, 4) is 17.2 Å². The molecule has 11 heteroatoms. The van der Waals surface area contributed by atoms with Crippen molar-refractivity contribution in [1.82, 2.24) is 25.7 Å². The van der Waals surface area contributed by atoms with Gasteiger partial charge in [0.2, 0.25) is 5.91 Å². The van der Waals surface area contributed by atoms with E-state index in [4.69, 9.17) is 14.2 Å². The van der Waals surface area contributed by atoms with E-state index in [1.165, 1.54) is 0 Å². The van der Waals surface area contributed by atoms with Gasteiger partial charge < -0.3 is 29.7 Å². The van der Waals surface area contributed by atoms with E-state index < -0.39 is 12.1 Å². The lowest BCUT2D eigenvalue weighted by Gasteiger charge is -2.21. The maximum Gasteiger partial charge on any atom is 0.258 e. The predicted octanol–water partition coefficient (Wildman–Crippen LogP) is 2.62. The number of likely N-dealkylation sites (tertiary alicyclic amines) is 1. The SMILES string of the molecule is O=C1COc2cc(OCC3CC3)cc(c2)C(=O)N[C@H]2CN(C(=O)CCCc3cn[nH]c3)C[C@@H]2Oc2ccc(cc2)CN1. The number of fused-ring (bicyclic) bond motifs is 7. The molecule has 2 atom stereocenters. The number of aryl methyl sites for hydroxylation is 1. The summed E-state index contributed by atoms with van der Waals surface area (Å²) >= 11 is 0. The first-order valence-corrected chi connectivity index (χ1v) is 14.5. The van der Waals surface area contributed by atoms with Gasteiger partial charge in [-0.1, -0.05) is 12.1 Å². The summed E-state index contributed by atoms with van der Waals surface area (Å²) in [7, 11) is 0. The fourth-order valence-corrected chi connectivity index (χ4v) is 5.13. The highest BCUT2D eigenvalue weighted by Gasteiger charge is 2.38. The Bertz CT molecular complexity index is 1410. The van der Waals surface area contributed by atoms with Gasteiger partial charge in [0.05, 0.1) is 25.4 Å². The summed E-state index contributed by atoms with van der Waals surface area (Å²) < 4.78 is 18.0. The van der Waals surface area contributed by atoms with E-state index in [-0.39, 0.29) is 24.3 Å². The molecule has 0 spiro atoms. The fourth-order valence-electron chi connectivity index (χ4n) is 5.13. The van der Waals surface area contributed by atoms with Crippen LogP contribution in [0, 0.1) is 5.92 Å². The van der Waals surface area contributed by atoms with Crippen LogP contribution in [-0.4, -0.2) is 71.3 Å². The summed E-state index contributed by atoms with van der Waals surface area (Å²) in [6.07, 6.45) is 7.26. The Morgan fingerprint density at radius 2 is 1.93 bits per heavy atom. The zero-order valence-corrected chi connectivity index (χ0v) is 23.3. The molecule has 0 radical (unpaired) electrons. The quantitative estimate of drug-likeness (QED) is 0.396. The van der Waals surface area contributed by atoms with Crippen molar-refractivity contribution in [1.29, 1.82) is 0 Å². The van der Waals surface area contributed by atoms with Gasteiger partial charge in [-0.2, -0.15) is 5.10 Å². The van der Waals surface area contributed by atoms with Gasteiger partial charge in [0.1, 0.15) is 23.4 Å². The van der Waals surface area contributed by atoms with Gasteiger partial charge in [-0.15, -0.1) is 0 Å². The second-order valence-electron chi connectivity index (χ2n) is 11.2. The molecule has 42 heavy (non-hydrogen) atoms. The molecule has 3 aromatic rings. The first kappa shape index (κ1) is 27.6. The van der Waals surface area contributed by atoms with E-state index in [1.807, 2.05) is 30.5 Å². The molecule has 7 rings (SSSR count). The molecule has 1 aliphatic carbocycles. The number of rotatable bonds is 7. The number of carbonyl (C=O) groups is 3. The molecule has 220 valence electrons. The van der Waals surface area contributed by atoms with Crippen LogP contribution in [0.4, 0.5) is 0 Å². The van der Waals surface area contributed by atoms with E-state index in [9.17, 15) is 14.4 Å². The summed E-state index contributed by atoms with van der Waals surface area (Å²) in [5.74, 6) is 1.42. The highest BCUT2D eigenvalue weighted by Crippen LogP contribution is 2.31. The number of aromatic amines is 1. The molecule has 3 amide bonds. The number of nitrogens with zero attached hydrogens (tertiary/aromatic N) is 2. The summed E-state index contributed by atoms with van der Waals surface area (Å²) in [6, 6.07) is 12.0. The van der Waals surface area contributed by atoms with E-state index >= 15 is 0 Å². The molecule has 1 aromatic heterocycles. The standard InChI is InChI=1S/C31H35N5O6/c37-29-19-41-26-11-23(10-25(12-26)40-18-21-4-5-21)31(39)35-27-16-36(30(38)3-1-2-22-14-33-34-15-22)17-28(27)42-24-8-6-20(7-9-24)13-32-29/h6-12,14-15,21,27-28H,1-5,13,16-19H2,(H,32,37)(H,33,34)(H,35,39)/t27-,28-/m0/s1. The lowest BCUT2D eigenvalue weighted by atomic mass is 10.1. The number of hydrogen-bond acceptors (Lipinski definition) is 7. The Balaban J connectivity index is 1.21. The Morgan fingerprint density at radius 3 is 2.71 bits per heavy atom. The number of nitrogens with one attached hydrogen (secondary N) is 3. The normalized spacial score (nSPS) is 20.5. The first-order valence-electron chi connectivity index (χ1n) is 14.5. The average molecular weight is 574 g/mol. The minimum atomic E-state index is -0.446. The van der Waals surface area contributed by atoms with E-state index in [0.29, 0.717) is 67.8 Å². The third-order valence-electron chi connectivity index (χ3n) is 7.74. The number of amides is 3. The van der Waals surface area contributed by atoms with Gasteiger partial charge in [0, 0.05) is 37.3 Å². The molecule has 2 aromatic carbocycles. The van der Waals surface area contributed by atoms with E-state index in [1.54, 1.807) is 29.3 Å². The molecule has 4 bridgehead atoms. The number of aromatic nitrogens is 2. The molecule has 4 heterocycles. The molecule has 0 unspecified atom stereocenters. The summed E-state index contributed by atoms with van der Waals surface area (Å²) in [5.41, 5.74) is 2.31. The van der Waals surface area contributed by atoms with Gasteiger partial charge in [-0.05, 0) is 67.0 Å². The van der Waals surface area contributed by atoms with E-state index in [0.717, 1.165) is 30.4 Å². The largest absolute Gasteiger partial charge is 0.493 e. The van der Waals surface area contributed by atoms with Crippen molar-refractivity contribution in [2.75, 3.05) is 26.3 Å². The van der Waals surface area contributed by atoms with Crippen molar-refractivity contribution < 1.29 is 28.6 Å². The van der Waals surface area contributed by atoms with Gasteiger partial charge >= 0.3 is 0 Å². The van der Waals surface area contributed by atoms with Gasteiger partial charge in [-0.25, -0.2) is 0 Å². The molecule has 1 saturated carbocycles. The Morgan fingerprint density at radius 1 is 1.07 bits per heavy atom. The molecule has 3 N–H and O–H groups in total. The zero-order chi connectivity index (χ0) is 28.9. The topological polar surface area (TPSA) is 135 Å². The predicted molar refractivity (Wildman–Crippen MR) is 152 cm³/mol. The van der Waals surface area contributed by atoms with Crippen LogP contribution in [0.5, 0.6) is 17.2 Å². The molecular weight excluding hydrogens is 538 g/mol. The Kier molecular flexibility index (Phi) is 8.25. The fraction of sp³-hybridized carbons (Fsp3) is 0.419. The maximum absolute atomic E-state index is 13.6. The van der Waals surface area contributed by atoms with Gasteiger partial charge in [-0.3, -0.25) is 19.5 Å². The van der Waals surface area contributed by atoms with Crippen LogP contribution in [-0.2, 0) is 22.6 Å².